The molecule has 3 unspecified atom stereocenters. The topological polar surface area (TPSA) is 50.3 Å². The number of fused-ring (bicyclic) bond motifs is 1. The molecule has 23 heavy (non-hydrogen) atoms. The first-order chi connectivity index (χ1) is 10.6. The average Bonchev–Trinajstić information content (AvgIpc) is 2.90. The van der Waals surface area contributed by atoms with Gasteiger partial charge in [-0.25, -0.2) is 4.98 Å². The van der Waals surface area contributed by atoms with E-state index in [2.05, 4.69) is 29.1 Å². The fourth-order valence-electron chi connectivity index (χ4n) is 3.63. The summed E-state index contributed by atoms with van der Waals surface area (Å²) in [6.07, 6.45) is -3.44. The monoisotopic (exact) mass is 330 g/mol. The van der Waals surface area contributed by atoms with Gasteiger partial charge in [-0.1, -0.05) is 13.8 Å². The minimum Gasteiger partial charge on any atom is -0.377 e. The van der Waals surface area contributed by atoms with Crippen LogP contribution in [-0.2, 0) is 10.9 Å². The summed E-state index contributed by atoms with van der Waals surface area (Å²) in [5, 5.41) is 3.12. The fraction of sp³-hybridized carbons (Fsp3) is 0.733. The second kappa shape index (κ2) is 5.22. The Kier molecular flexibility index (Phi) is 3.70. The highest BCUT2D eigenvalue weighted by atomic mass is 19.4. The van der Waals surface area contributed by atoms with Crippen LogP contribution >= 0.6 is 0 Å². The summed E-state index contributed by atoms with van der Waals surface area (Å²) in [6.45, 7) is 4.80. The molecule has 0 radical (unpaired) electrons. The summed E-state index contributed by atoms with van der Waals surface area (Å²) < 4.78 is 44.9. The van der Waals surface area contributed by atoms with Gasteiger partial charge < -0.3 is 15.0 Å². The maximum Gasteiger partial charge on any atom is 0.433 e. The van der Waals surface area contributed by atoms with Crippen LogP contribution in [0.5, 0.6) is 0 Å². The number of nitrogens with zero attached hydrogens (tertiary/aromatic N) is 3. The van der Waals surface area contributed by atoms with E-state index in [-0.39, 0.29) is 29.3 Å². The molecule has 1 saturated carbocycles. The lowest BCUT2D eigenvalue weighted by Crippen LogP contribution is -2.63. The molecule has 2 aliphatic rings. The van der Waals surface area contributed by atoms with Gasteiger partial charge >= 0.3 is 6.18 Å². The van der Waals surface area contributed by atoms with E-state index in [1.54, 1.807) is 14.1 Å². The van der Waals surface area contributed by atoms with Gasteiger partial charge in [-0.15, -0.1) is 0 Å². The first-order valence-corrected chi connectivity index (χ1v) is 7.62. The molecule has 5 nitrogen and oxygen atoms in total. The van der Waals surface area contributed by atoms with E-state index < -0.39 is 11.9 Å². The molecule has 0 amide bonds. The predicted molar refractivity (Wildman–Crippen MR) is 80.4 cm³/mol. The Morgan fingerprint density at radius 1 is 1.30 bits per heavy atom. The lowest BCUT2D eigenvalue weighted by molar-refractivity contribution is -0.141. The summed E-state index contributed by atoms with van der Waals surface area (Å²) in [5.41, 5.74) is -1.09. The molecule has 128 valence electrons. The number of nitrogens with one attached hydrogen (secondary N) is 1. The number of hydrogen-bond donors (Lipinski definition) is 1. The van der Waals surface area contributed by atoms with E-state index in [0.29, 0.717) is 12.5 Å². The van der Waals surface area contributed by atoms with Crippen LogP contribution in [0.3, 0.4) is 0 Å². The van der Waals surface area contributed by atoms with Crippen LogP contribution < -0.4 is 10.2 Å². The first-order valence-electron chi connectivity index (χ1n) is 7.62. The van der Waals surface area contributed by atoms with Gasteiger partial charge in [0.2, 0.25) is 5.95 Å². The smallest absolute Gasteiger partial charge is 0.377 e. The molecule has 0 aromatic carbocycles. The first kappa shape index (κ1) is 16.3. The standard InChI is InChI=1S/C15H21F3N4O/c1-14(2)11(8-5-6-23-12(8)14)21-13-19-9(15(16,17)18)7-10(20-13)22(3)4/h7-8,11-12H,5-6H2,1-4H3,(H,19,20,21). The molecular weight excluding hydrogens is 309 g/mol. The molecule has 2 fully saturated rings. The molecule has 3 rings (SSSR count). The lowest BCUT2D eigenvalue weighted by atomic mass is 9.57. The summed E-state index contributed by atoms with van der Waals surface area (Å²) in [4.78, 5) is 9.42. The number of halogens is 3. The van der Waals surface area contributed by atoms with Gasteiger partial charge in [0.25, 0.3) is 0 Å². The van der Waals surface area contributed by atoms with Gasteiger partial charge in [-0.3, -0.25) is 0 Å². The number of aromatic nitrogens is 2. The van der Waals surface area contributed by atoms with Gasteiger partial charge in [0.15, 0.2) is 5.69 Å². The molecule has 1 N–H and O–H groups in total. The summed E-state index contributed by atoms with van der Waals surface area (Å²) in [6, 6.07) is 0.965. The Morgan fingerprint density at radius 2 is 2.00 bits per heavy atom. The van der Waals surface area contributed by atoms with Crippen LogP contribution in [0.25, 0.3) is 0 Å². The maximum absolute atomic E-state index is 13.1. The maximum atomic E-state index is 13.1. The highest BCUT2D eigenvalue weighted by Crippen LogP contribution is 2.53. The van der Waals surface area contributed by atoms with Crippen LogP contribution in [0.15, 0.2) is 6.07 Å². The molecule has 1 aliphatic heterocycles. The van der Waals surface area contributed by atoms with E-state index in [1.807, 2.05) is 0 Å². The van der Waals surface area contributed by atoms with Crippen LogP contribution in [0, 0.1) is 11.3 Å². The third kappa shape index (κ3) is 2.73. The van der Waals surface area contributed by atoms with Crippen molar-refractivity contribution >= 4 is 11.8 Å². The van der Waals surface area contributed by atoms with Crippen molar-refractivity contribution in [3.05, 3.63) is 11.8 Å². The second-order valence-electron chi connectivity index (χ2n) is 7.01. The van der Waals surface area contributed by atoms with Crippen molar-refractivity contribution in [1.82, 2.24) is 9.97 Å². The van der Waals surface area contributed by atoms with Crippen molar-refractivity contribution in [2.45, 2.75) is 38.6 Å². The third-order valence-corrected chi connectivity index (χ3v) is 4.85. The van der Waals surface area contributed by atoms with E-state index >= 15 is 0 Å². The number of alkyl halides is 3. The van der Waals surface area contributed by atoms with Crippen molar-refractivity contribution in [3.63, 3.8) is 0 Å². The van der Waals surface area contributed by atoms with Gasteiger partial charge in [-0.05, 0) is 6.42 Å². The molecule has 3 atom stereocenters. The quantitative estimate of drug-likeness (QED) is 0.923. The molecule has 1 aliphatic carbocycles. The average molecular weight is 330 g/mol. The van der Waals surface area contributed by atoms with Crippen molar-refractivity contribution in [3.8, 4) is 0 Å². The van der Waals surface area contributed by atoms with E-state index in [1.165, 1.54) is 4.90 Å². The van der Waals surface area contributed by atoms with E-state index in [9.17, 15) is 13.2 Å². The van der Waals surface area contributed by atoms with Gasteiger partial charge in [0.1, 0.15) is 5.82 Å². The Morgan fingerprint density at radius 3 is 2.61 bits per heavy atom. The summed E-state index contributed by atoms with van der Waals surface area (Å²) >= 11 is 0. The molecule has 1 aromatic heterocycles. The Labute approximate surface area is 133 Å². The Balaban J connectivity index is 1.89. The van der Waals surface area contributed by atoms with E-state index in [4.69, 9.17) is 4.74 Å². The van der Waals surface area contributed by atoms with E-state index in [0.717, 1.165) is 12.5 Å². The zero-order valence-electron chi connectivity index (χ0n) is 13.6. The SMILES string of the molecule is CN(C)c1cc(C(F)(F)F)nc(NC2C3CCOC3C2(C)C)n1. The highest BCUT2D eigenvalue weighted by Gasteiger charge is 2.59. The van der Waals surface area contributed by atoms with Crippen LogP contribution in [-0.4, -0.2) is 42.8 Å². The summed E-state index contributed by atoms with van der Waals surface area (Å²) in [7, 11) is 3.31. The molecule has 1 saturated heterocycles. The normalized spacial score (nSPS) is 28.9. The number of anilines is 2. The zero-order chi connectivity index (χ0) is 17.0. The zero-order valence-corrected chi connectivity index (χ0v) is 13.6. The second-order valence-corrected chi connectivity index (χ2v) is 7.01. The number of rotatable bonds is 3. The molecule has 8 heteroatoms. The molecule has 0 bridgehead atoms. The fourth-order valence-corrected chi connectivity index (χ4v) is 3.63. The summed E-state index contributed by atoms with van der Waals surface area (Å²) in [5.74, 6) is 0.545. The Bertz CT molecular complexity index is 603. The molecule has 0 spiro atoms. The van der Waals surface area contributed by atoms with Crippen molar-refractivity contribution < 1.29 is 17.9 Å². The molecule has 2 heterocycles. The van der Waals surface area contributed by atoms with Crippen molar-refractivity contribution in [2.24, 2.45) is 11.3 Å². The molecular formula is C15H21F3N4O. The highest BCUT2D eigenvalue weighted by molar-refractivity contribution is 5.45. The van der Waals surface area contributed by atoms with Crippen LogP contribution in [0.1, 0.15) is 26.0 Å². The van der Waals surface area contributed by atoms with Gasteiger partial charge in [0.05, 0.1) is 6.10 Å². The minimum atomic E-state index is -4.50. The number of hydrogen-bond acceptors (Lipinski definition) is 5. The van der Waals surface area contributed by atoms with Crippen LogP contribution in [0.4, 0.5) is 24.9 Å². The predicted octanol–water partition coefficient (Wildman–Crippen LogP) is 2.79. The van der Waals surface area contributed by atoms with Crippen molar-refractivity contribution in [1.29, 1.82) is 0 Å². The minimum absolute atomic E-state index is 0.00787. The third-order valence-electron chi connectivity index (χ3n) is 4.85. The lowest BCUT2D eigenvalue weighted by Gasteiger charge is -2.54. The largest absolute Gasteiger partial charge is 0.433 e. The molecule has 1 aromatic rings. The van der Waals surface area contributed by atoms with Gasteiger partial charge in [0, 0.05) is 44.1 Å². The number of ether oxygens (including phenoxy) is 1. The Hall–Kier alpha value is -1.57. The van der Waals surface area contributed by atoms with Gasteiger partial charge in [-0.2, -0.15) is 18.2 Å². The van der Waals surface area contributed by atoms with Crippen molar-refractivity contribution in [2.75, 3.05) is 30.9 Å². The van der Waals surface area contributed by atoms with Crippen LogP contribution in [0.2, 0.25) is 0 Å².